The Kier molecular flexibility index (Phi) is 2.73. The van der Waals surface area contributed by atoms with Gasteiger partial charge in [-0.2, -0.15) is 0 Å². The molecular formula is C7H9Cl3O. The summed E-state index contributed by atoms with van der Waals surface area (Å²) in [6, 6.07) is 0. The first-order chi connectivity index (χ1) is 4.96. The van der Waals surface area contributed by atoms with Gasteiger partial charge in [0, 0.05) is 17.7 Å². The average Bonchev–Trinajstić information content (AvgIpc) is 1.95. The molecule has 0 aliphatic heterocycles. The summed E-state index contributed by atoms with van der Waals surface area (Å²) in [6.07, 6.45) is 1.08. The van der Waals surface area contributed by atoms with Crippen molar-refractivity contribution < 1.29 is 4.79 Å². The van der Waals surface area contributed by atoms with E-state index in [2.05, 4.69) is 0 Å². The zero-order chi connectivity index (χ0) is 8.65. The number of halogens is 3. The Hall–Kier alpha value is 0.540. The molecule has 0 N–H and O–H groups in total. The molecule has 0 radical (unpaired) electrons. The number of rotatable bonds is 0. The van der Waals surface area contributed by atoms with Crippen LogP contribution in [0.15, 0.2) is 0 Å². The van der Waals surface area contributed by atoms with Gasteiger partial charge >= 0.3 is 0 Å². The van der Waals surface area contributed by atoms with Gasteiger partial charge in [0.15, 0.2) is 10.1 Å². The molecule has 0 bridgehead atoms. The molecule has 0 unspecified atom stereocenters. The van der Waals surface area contributed by atoms with Crippen molar-refractivity contribution in [3.63, 3.8) is 0 Å². The maximum atomic E-state index is 11.1. The van der Waals surface area contributed by atoms with Crippen molar-refractivity contribution in [2.75, 3.05) is 0 Å². The first kappa shape index (κ1) is 9.63. The summed E-state index contributed by atoms with van der Waals surface area (Å²) >= 11 is 17.5. The lowest BCUT2D eigenvalue weighted by Crippen LogP contribution is -2.42. The first-order valence-corrected chi connectivity index (χ1v) is 4.70. The van der Waals surface area contributed by atoms with Crippen LogP contribution in [-0.4, -0.2) is 15.5 Å². The van der Waals surface area contributed by atoms with Gasteiger partial charge in [-0.15, -0.1) is 11.6 Å². The lowest BCUT2D eigenvalue weighted by Gasteiger charge is -2.33. The normalized spacial score (nSPS) is 37.3. The van der Waals surface area contributed by atoms with E-state index in [0.29, 0.717) is 12.8 Å². The molecule has 0 heterocycles. The largest absolute Gasteiger partial charge is 0.296 e. The predicted molar refractivity (Wildman–Crippen MR) is 47.5 cm³/mol. The van der Waals surface area contributed by atoms with Crippen LogP contribution in [0.4, 0.5) is 0 Å². The average molecular weight is 216 g/mol. The molecule has 1 aliphatic rings. The first-order valence-electron chi connectivity index (χ1n) is 3.51. The molecule has 0 amide bonds. The molecular weight excluding hydrogens is 206 g/mol. The van der Waals surface area contributed by atoms with Crippen LogP contribution >= 0.6 is 34.8 Å². The smallest absolute Gasteiger partial charge is 0.179 e. The summed E-state index contributed by atoms with van der Waals surface area (Å²) in [6.45, 7) is 1.80. The van der Waals surface area contributed by atoms with E-state index in [1.807, 2.05) is 0 Å². The summed E-state index contributed by atoms with van der Waals surface area (Å²) in [4.78, 5) is 11.1. The maximum Gasteiger partial charge on any atom is 0.179 e. The highest BCUT2D eigenvalue weighted by atomic mass is 35.5. The number of alkyl halides is 3. The van der Waals surface area contributed by atoms with E-state index >= 15 is 0 Å². The zero-order valence-electron chi connectivity index (χ0n) is 6.11. The third kappa shape index (κ3) is 1.66. The minimum atomic E-state index is -1.26. The number of Topliss-reactive ketones (excluding diaryl/α,β-unsaturated/α-hetero) is 1. The Morgan fingerprint density at radius 2 is 2.09 bits per heavy atom. The molecule has 0 aromatic carbocycles. The maximum absolute atomic E-state index is 11.1. The fourth-order valence-electron chi connectivity index (χ4n) is 1.17. The van der Waals surface area contributed by atoms with Crippen LogP contribution in [0.3, 0.4) is 0 Å². The van der Waals surface area contributed by atoms with Crippen molar-refractivity contribution in [3.05, 3.63) is 0 Å². The molecule has 11 heavy (non-hydrogen) atoms. The predicted octanol–water partition coefficient (Wildman–Crippen LogP) is 2.77. The highest BCUT2D eigenvalue weighted by Crippen LogP contribution is 2.41. The van der Waals surface area contributed by atoms with Crippen molar-refractivity contribution in [3.8, 4) is 0 Å². The third-order valence-electron chi connectivity index (χ3n) is 2.13. The van der Waals surface area contributed by atoms with Gasteiger partial charge in [0.1, 0.15) is 0 Å². The van der Waals surface area contributed by atoms with E-state index in [1.165, 1.54) is 0 Å². The Balaban J connectivity index is 2.80. The number of carbonyl (C=O) groups excluding carboxylic acids is 1. The van der Waals surface area contributed by atoms with Crippen molar-refractivity contribution in [1.82, 2.24) is 0 Å². The molecule has 64 valence electrons. The van der Waals surface area contributed by atoms with Gasteiger partial charge in [-0.25, -0.2) is 0 Å². The molecule has 1 rings (SSSR count). The second-order valence-corrected chi connectivity index (χ2v) is 4.84. The number of hydrogen-bond acceptors (Lipinski definition) is 1. The van der Waals surface area contributed by atoms with Gasteiger partial charge in [0.05, 0.1) is 0 Å². The van der Waals surface area contributed by atoms with E-state index < -0.39 is 4.33 Å². The Morgan fingerprint density at radius 1 is 1.55 bits per heavy atom. The number of hydrogen-bond donors (Lipinski definition) is 0. The van der Waals surface area contributed by atoms with Crippen LogP contribution in [0.1, 0.15) is 19.8 Å². The molecule has 0 aromatic heterocycles. The van der Waals surface area contributed by atoms with E-state index in [9.17, 15) is 4.79 Å². The summed E-state index contributed by atoms with van der Waals surface area (Å²) in [7, 11) is 0. The van der Waals surface area contributed by atoms with Gasteiger partial charge in [-0.05, 0) is 6.42 Å². The van der Waals surface area contributed by atoms with Crippen molar-refractivity contribution in [2.24, 2.45) is 5.92 Å². The fraction of sp³-hybridized carbons (Fsp3) is 0.857. The van der Waals surface area contributed by atoms with Gasteiger partial charge in [0.2, 0.25) is 0 Å². The standard InChI is InChI=1S/C7H9Cl3O/c1-4-5(8)2-3-6(11)7(4,9)10/h4-5H,2-3H2,1H3/t4-,5+/m0/s1. The topological polar surface area (TPSA) is 17.1 Å². The molecule has 1 aliphatic carbocycles. The van der Waals surface area contributed by atoms with Gasteiger partial charge in [-0.1, -0.05) is 30.1 Å². The highest BCUT2D eigenvalue weighted by Gasteiger charge is 2.45. The Labute approximate surface area is 81.0 Å². The minimum absolute atomic E-state index is 0.0808. The quantitative estimate of drug-likeness (QED) is 0.568. The molecule has 0 saturated heterocycles. The van der Waals surface area contributed by atoms with E-state index in [-0.39, 0.29) is 17.1 Å². The zero-order valence-corrected chi connectivity index (χ0v) is 8.38. The van der Waals surface area contributed by atoms with Crippen molar-refractivity contribution >= 4 is 40.6 Å². The van der Waals surface area contributed by atoms with Crippen LogP contribution in [-0.2, 0) is 4.79 Å². The molecule has 0 spiro atoms. The lowest BCUT2D eigenvalue weighted by atomic mass is 9.88. The Morgan fingerprint density at radius 3 is 2.55 bits per heavy atom. The second-order valence-electron chi connectivity index (χ2n) is 2.89. The van der Waals surface area contributed by atoms with Gasteiger partial charge in [0.25, 0.3) is 0 Å². The van der Waals surface area contributed by atoms with E-state index in [0.717, 1.165) is 0 Å². The van der Waals surface area contributed by atoms with Crippen molar-refractivity contribution in [1.29, 1.82) is 0 Å². The molecule has 2 atom stereocenters. The van der Waals surface area contributed by atoms with Gasteiger partial charge in [-0.3, -0.25) is 4.79 Å². The third-order valence-corrected chi connectivity index (χ3v) is 3.84. The summed E-state index contributed by atoms with van der Waals surface area (Å²) in [5.41, 5.74) is 0. The van der Waals surface area contributed by atoms with Crippen LogP contribution in [0.2, 0.25) is 0 Å². The number of carbonyl (C=O) groups is 1. The highest BCUT2D eigenvalue weighted by molar-refractivity contribution is 6.59. The Bertz CT molecular complexity index is 179. The molecule has 4 heteroatoms. The number of ketones is 1. The second kappa shape index (κ2) is 3.12. The fourth-order valence-corrected chi connectivity index (χ4v) is 2.09. The van der Waals surface area contributed by atoms with Crippen LogP contribution in [0, 0.1) is 5.92 Å². The minimum Gasteiger partial charge on any atom is -0.296 e. The monoisotopic (exact) mass is 214 g/mol. The van der Waals surface area contributed by atoms with Crippen LogP contribution in [0.25, 0.3) is 0 Å². The molecule has 1 nitrogen and oxygen atoms in total. The SMILES string of the molecule is C[C@H]1[C@H](Cl)CCC(=O)C1(Cl)Cl. The molecule has 1 fully saturated rings. The molecule has 0 aromatic rings. The van der Waals surface area contributed by atoms with E-state index in [1.54, 1.807) is 6.92 Å². The summed E-state index contributed by atoms with van der Waals surface area (Å²) in [5.74, 6) is -0.265. The molecule has 1 saturated carbocycles. The van der Waals surface area contributed by atoms with Crippen molar-refractivity contribution in [2.45, 2.75) is 29.5 Å². The van der Waals surface area contributed by atoms with Crippen LogP contribution in [0.5, 0.6) is 0 Å². The van der Waals surface area contributed by atoms with Crippen LogP contribution < -0.4 is 0 Å². The van der Waals surface area contributed by atoms with Gasteiger partial charge < -0.3 is 0 Å². The van der Waals surface area contributed by atoms with E-state index in [4.69, 9.17) is 34.8 Å². The summed E-state index contributed by atoms with van der Waals surface area (Å²) in [5, 5.41) is -0.0808. The lowest BCUT2D eigenvalue weighted by molar-refractivity contribution is -0.122. The summed E-state index contributed by atoms with van der Waals surface area (Å²) < 4.78 is -1.26.